The minimum atomic E-state index is 0.432. The van der Waals surface area contributed by atoms with Crippen LogP contribution in [0.5, 0.6) is 0 Å². The van der Waals surface area contributed by atoms with Gasteiger partial charge in [-0.15, -0.1) is 0 Å². The number of nitrogens with zero attached hydrogens (tertiary/aromatic N) is 1. The first-order valence-corrected chi connectivity index (χ1v) is 4.45. The average molecular weight is 177 g/mol. The van der Waals surface area contributed by atoms with Crippen molar-refractivity contribution in [2.45, 2.75) is 26.2 Å². The van der Waals surface area contributed by atoms with Crippen LogP contribution in [0.3, 0.4) is 0 Å². The molecular weight excluding hydrogens is 162 g/mol. The Morgan fingerprint density at radius 2 is 2.38 bits per heavy atom. The monoisotopic (exact) mass is 177 g/mol. The normalized spacial score (nSPS) is 12.5. The highest BCUT2D eigenvalue weighted by atomic mass is 14.8. The first-order chi connectivity index (χ1) is 6.20. The number of anilines is 1. The summed E-state index contributed by atoms with van der Waals surface area (Å²) in [4.78, 5) is 3.95. The molecule has 0 bridgehead atoms. The van der Waals surface area contributed by atoms with Crippen molar-refractivity contribution in [2.24, 2.45) is 0 Å². The van der Waals surface area contributed by atoms with Crippen LogP contribution in [0.15, 0.2) is 12.3 Å². The van der Waals surface area contributed by atoms with E-state index in [2.05, 4.69) is 18.8 Å². The van der Waals surface area contributed by atoms with Gasteiger partial charge in [-0.1, -0.05) is 13.8 Å². The molecule has 1 aromatic rings. The summed E-state index contributed by atoms with van der Waals surface area (Å²) < 4.78 is 0. The summed E-state index contributed by atoms with van der Waals surface area (Å²) in [6.45, 7) is 4.25. The Kier molecular flexibility index (Phi) is 3.01. The fourth-order valence-electron chi connectivity index (χ4n) is 1.31. The molecule has 0 spiro atoms. The molecule has 0 aliphatic carbocycles. The third-order valence-electron chi connectivity index (χ3n) is 2.34. The molecule has 13 heavy (non-hydrogen) atoms. The maximum Gasteiger partial charge on any atom is 0.132 e. The molecule has 0 aliphatic rings. The van der Waals surface area contributed by atoms with E-state index in [1.165, 1.54) is 6.21 Å². The molecule has 0 saturated heterocycles. The van der Waals surface area contributed by atoms with Crippen LogP contribution in [0, 0.1) is 5.41 Å². The lowest BCUT2D eigenvalue weighted by molar-refractivity contribution is 0.731. The highest BCUT2D eigenvalue weighted by Crippen LogP contribution is 2.23. The molecule has 0 radical (unpaired) electrons. The smallest absolute Gasteiger partial charge is 0.132 e. The quantitative estimate of drug-likeness (QED) is 0.695. The van der Waals surface area contributed by atoms with Gasteiger partial charge in [0, 0.05) is 18.0 Å². The Bertz CT molecular complexity index is 307. The van der Waals surface area contributed by atoms with Crippen molar-refractivity contribution < 1.29 is 0 Å². The van der Waals surface area contributed by atoms with Crippen LogP contribution in [0.2, 0.25) is 0 Å². The van der Waals surface area contributed by atoms with E-state index in [4.69, 9.17) is 11.1 Å². The molecule has 1 heterocycles. The Labute approximate surface area is 78.5 Å². The largest absolute Gasteiger partial charge is 0.383 e. The summed E-state index contributed by atoms with van der Waals surface area (Å²) in [6, 6.07) is 1.94. The molecule has 3 heteroatoms. The van der Waals surface area contributed by atoms with Crippen LogP contribution in [-0.4, -0.2) is 11.2 Å². The van der Waals surface area contributed by atoms with Gasteiger partial charge in [-0.05, 0) is 24.0 Å². The van der Waals surface area contributed by atoms with Crippen LogP contribution in [-0.2, 0) is 0 Å². The van der Waals surface area contributed by atoms with Crippen molar-refractivity contribution in [1.82, 2.24) is 4.98 Å². The predicted molar refractivity (Wildman–Crippen MR) is 55.2 cm³/mol. The summed E-state index contributed by atoms with van der Waals surface area (Å²) in [5, 5.41) is 7.25. The highest BCUT2D eigenvalue weighted by molar-refractivity contribution is 5.85. The standard InChI is InChI=1S/C10H15N3/c1-3-7(2)8-4-5-13-10(12)9(8)6-11/h4-7,11H,3H2,1-2H3,(H2,12,13). The summed E-state index contributed by atoms with van der Waals surface area (Å²) in [5.41, 5.74) is 7.54. The van der Waals surface area contributed by atoms with Gasteiger partial charge in [-0.25, -0.2) is 4.98 Å². The van der Waals surface area contributed by atoms with Crippen LogP contribution < -0.4 is 5.73 Å². The van der Waals surface area contributed by atoms with E-state index in [1.54, 1.807) is 6.20 Å². The second-order valence-electron chi connectivity index (χ2n) is 3.15. The molecule has 0 fully saturated rings. The molecule has 70 valence electrons. The molecule has 3 N–H and O–H groups in total. The van der Waals surface area contributed by atoms with Crippen molar-refractivity contribution in [3.05, 3.63) is 23.4 Å². The van der Waals surface area contributed by atoms with E-state index >= 15 is 0 Å². The van der Waals surface area contributed by atoms with Gasteiger partial charge in [0.25, 0.3) is 0 Å². The maximum absolute atomic E-state index is 7.25. The second-order valence-corrected chi connectivity index (χ2v) is 3.15. The molecule has 0 aliphatic heterocycles. The van der Waals surface area contributed by atoms with Crippen LogP contribution in [0.1, 0.15) is 37.3 Å². The van der Waals surface area contributed by atoms with E-state index in [-0.39, 0.29) is 0 Å². The van der Waals surface area contributed by atoms with Gasteiger partial charge in [0.05, 0.1) is 0 Å². The second kappa shape index (κ2) is 4.03. The Balaban J connectivity index is 3.19. The van der Waals surface area contributed by atoms with E-state index in [0.29, 0.717) is 11.7 Å². The lowest BCUT2D eigenvalue weighted by Crippen LogP contribution is -2.03. The van der Waals surface area contributed by atoms with Crippen molar-refractivity contribution in [3.8, 4) is 0 Å². The van der Waals surface area contributed by atoms with Gasteiger partial charge in [0.1, 0.15) is 5.82 Å². The third-order valence-corrected chi connectivity index (χ3v) is 2.34. The van der Waals surface area contributed by atoms with Crippen molar-refractivity contribution in [3.63, 3.8) is 0 Å². The predicted octanol–water partition coefficient (Wildman–Crippen LogP) is 2.17. The Morgan fingerprint density at radius 1 is 1.69 bits per heavy atom. The lowest BCUT2D eigenvalue weighted by Gasteiger charge is -2.12. The molecule has 1 rings (SSSR count). The van der Waals surface area contributed by atoms with Gasteiger partial charge in [0.2, 0.25) is 0 Å². The van der Waals surface area contributed by atoms with Crippen molar-refractivity contribution in [1.29, 1.82) is 5.41 Å². The number of nitrogen functional groups attached to an aromatic ring is 1. The molecule has 3 nitrogen and oxygen atoms in total. The fourth-order valence-corrected chi connectivity index (χ4v) is 1.31. The van der Waals surface area contributed by atoms with E-state index in [0.717, 1.165) is 17.5 Å². The summed E-state index contributed by atoms with van der Waals surface area (Å²) >= 11 is 0. The van der Waals surface area contributed by atoms with Crippen LogP contribution in [0.4, 0.5) is 5.82 Å². The first kappa shape index (κ1) is 9.71. The van der Waals surface area contributed by atoms with Gasteiger partial charge >= 0.3 is 0 Å². The molecule has 1 unspecified atom stereocenters. The third kappa shape index (κ3) is 1.86. The van der Waals surface area contributed by atoms with E-state index in [1.807, 2.05) is 6.07 Å². The van der Waals surface area contributed by atoms with E-state index in [9.17, 15) is 0 Å². The number of hydrogen-bond donors (Lipinski definition) is 2. The Hall–Kier alpha value is -1.38. The lowest BCUT2D eigenvalue weighted by atomic mass is 9.95. The SMILES string of the molecule is CCC(C)c1ccnc(N)c1C=N. The number of nitrogens with two attached hydrogens (primary N) is 1. The zero-order valence-corrected chi connectivity index (χ0v) is 8.04. The molecule has 1 aromatic heterocycles. The number of hydrogen-bond acceptors (Lipinski definition) is 3. The zero-order chi connectivity index (χ0) is 9.84. The van der Waals surface area contributed by atoms with Gasteiger partial charge in [0.15, 0.2) is 0 Å². The van der Waals surface area contributed by atoms with Crippen molar-refractivity contribution >= 4 is 12.0 Å². The maximum atomic E-state index is 7.25. The first-order valence-electron chi connectivity index (χ1n) is 4.45. The molecular formula is C10H15N3. The topological polar surface area (TPSA) is 62.8 Å². The average Bonchev–Trinajstić information content (AvgIpc) is 2.16. The minimum Gasteiger partial charge on any atom is -0.383 e. The highest BCUT2D eigenvalue weighted by Gasteiger charge is 2.09. The van der Waals surface area contributed by atoms with E-state index < -0.39 is 0 Å². The molecule has 1 atom stereocenters. The van der Waals surface area contributed by atoms with Crippen molar-refractivity contribution in [2.75, 3.05) is 5.73 Å². The molecule has 0 aromatic carbocycles. The number of nitrogens with one attached hydrogen (secondary N) is 1. The Morgan fingerprint density at radius 3 is 2.92 bits per heavy atom. The van der Waals surface area contributed by atoms with Gasteiger partial charge in [-0.2, -0.15) is 0 Å². The number of pyridine rings is 1. The van der Waals surface area contributed by atoms with Crippen LogP contribution >= 0.6 is 0 Å². The van der Waals surface area contributed by atoms with Crippen LogP contribution in [0.25, 0.3) is 0 Å². The summed E-state index contributed by atoms with van der Waals surface area (Å²) in [6.07, 6.45) is 4.03. The fraction of sp³-hybridized carbons (Fsp3) is 0.400. The summed E-state index contributed by atoms with van der Waals surface area (Å²) in [7, 11) is 0. The minimum absolute atomic E-state index is 0.432. The zero-order valence-electron chi connectivity index (χ0n) is 8.04. The molecule has 0 amide bonds. The number of aromatic nitrogens is 1. The molecule has 0 saturated carbocycles. The summed E-state index contributed by atoms with van der Waals surface area (Å²) in [5.74, 6) is 0.884. The van der Waals surface area contributed by atoms with Gasteiger partial charge < -0.3 is 11.1 Å². The number of rotatable bonds is 3. The van der Waals surface area contributed by atoms with Gasteiger partial charge in [-0.3, -0.25) is 0 Å².